The van der Waals surface area contributed by atoms with Crippen molar-refractivity contribution < 1.29 is 23.9 Å². The van der Waals surface area contributed by atoms with Crippen molar-refractivity contribution in [2.75, 3.05) is 6.61 Å². The number of amides is 2. The van der Waals surface area contributed by atoms with Crippen LogP contribution in [0, 0.1) is 29.6 Å². The maximum Gasteiger partial charge on any atom is 0.330 e. The summed E-state index contributed by atoms with van der Waals surface area (Å²) in [5.74, 6) is -1.94. The van der Waals surface area contributed by atoms with E-state index in [2.05, 4.69) is 0 Å². The first-order chi connectivity index (χ1) is 13.8. The quantitative estimate of drug-likeness (QED) is 0.403. The van der Waals surface area contributed by atoms with Crippen LogP contribution in [0.15, 0.2) is 24.3 Å². The Labute approximate surface area is 174 Å². The molecule has 1 heterocycles. The lowest BCUT2D eigenvalue weighted by Gasteiger charge is -2.28. The minimum atomic E-state index is -1.00. The minimum absolute atomic E-state index is 0.244. The van der Waals surface area contributed by atoms with Crippen molar-refractivity contribution in [1.82, 2.24) is 4.90 Å². The number of halogens is 1. The molecule has 0 radical (unpaired) electrons. The average Bonchev–Trinajstić information content (AvgIpc) is 3.36. The van der Waals surface area contributed by atoms with Gasteiger partial charge in [0.15, 0.2) is 12.4 Å². The lowest BCUT2D eigenvalue weighted by atomic mass is 9.81. The Bertz CT molecular complexity index is 836. The van der Waals surface area contributed by atoms with Crippen LogP contribution in [0.4, 0.5) is 0 Å². The molecule has 3 aliphatic rings. The fraction of sp³-hybridized carbons (Fsp3) is 0.545. The van der Waals surface area contributed by atoms with E-state index in [9.17, 15) is 19.2 Å². The highest BCUT2D eigenvalue weighted by atomic mass is 35.5. The molecule has 0 unspecified atom stereocenters. The van der Waals surface area contributed by atoms with E-state index < -0.39 is 18.6 Å². The summed E-state index contributed by atoms with van der Waals surface area (Å²) < 4.78 is 5.24. The lowest BCUT2D eigenvalue weighted by molar-refractivity contribution is -0.160. The van der Waals surface area contributed by atoms with Crippen molar-refractivity contribution in [3.63, 3.8) is 0 Å². The van der Waals surface area contributed by atoms with Gasteiger partial charge in [-0.3, -0.25) is 19.3 Å². The van der Waals surface area contributed by atoms with Gasteiger partial charge in [0, 0.05) is 10.6 Å². The molecule has 2 amide bonds. The smallest absolute Gasteiger partial charge is 0.330 e. The van der Waals surface area contributed by atoms with Gasteiger partial charge in [-0.2, -0.15) is 0 Å². The molecule has 1 aliphatic heterocycles. The third-order valence-electron chi connectivity index (χ3n) is 6.62. The van der Waals surface area contributed by atoms with E-state index >= 15 is 0 Å². The molecule has 0 N–H and O–H groups in total. The molecule has 4 rings (SSSR count). The molecule has 5 atom stereocenters. The van der Waals surface area contributed by atoms with E-state index in [1.165, 1.54) is 0 Å². The van der Waals surface area contributed by atoms with Crippen molar-refractivity contribution in [1.29, 1.82) is 0 Å². The van der Waals surface area contributed by atoms with Gasteiger partial charge in [0.25, 0.3) is 0 Å². The maximum absolute atomic E-state index is 13.0. The number of fused-ring (bicyclic) bond motifs is 5. The molecule has 1 aromatic rings. The van der Waals surface area contributed by atoms with Gasteiger partial charge in [0.05, 0.1) is 11.8 Å². The second-order valence-electron chi connectivity index (χ2n) is 8.66. The van der Waals surface area contributed by atoms with Crippen LogP contribution in [-0.4, -0.2) is 41.1 Å². The second kappa shape index (κ2) is 7.56. The highest BCUT2D eigenvalue weighted by molar-refractivity contribution is 6.30. The van der Waals surface area contributed by atoms with Crippen LogP contribution in [0.3, 0.4) is 0 Å². The molecule has 3 fully saturated rings. The zero-order valence-corrected chi connectivity index (χ0v) is 17.2. The Hall–Kier alpha value is -2.21. The van der Waals surface area contributed by atoms with E-state index in [-0.39, 0.29) is 47.2 Å². The normalized spacial score (nSPS) is 28.8. The molecular weight excluding hydrogens is 394 g/mol. The summed E-state index contributed by atoms with van der Waals surface area (Å²) >= 11 is 5.82. The number of nitrogens with zero attached hydrogens (tertiary/aromatic N) is 1. The van der Waals surface area contributed by atoms with E-state index in [0.29, 0.717) is 10.6 Å². The van der Waals surface area contributed by atoms with E-state index in [1.807, 2.05) is 0 Å². The summed E-state index contributed by atoms with van der Waals surface area (Å²) in [6.45, 7) is 3.10. The average molecular weight is 418 g/mol. The highest BCUT2D eigenvalue weighted by Gasteiger charge is 2.62. The Morgan fingerprint density at radius 3 is 2.14 bits per heavy atom. The van der Waals surface area contributed by atoms with Crippen molar-refractivity contribution in [2.24, 2.45) is 29.6 Å². The highest BCUT2D eigenvalue weighted by Crippen LogP contribution is 2.56. The number of Topliss-reactive ketones (excluding diaryl/α,β-unsaturated/α-hetero) is 1. The van der Waals surface area contributed by atoms with Crippen molar-refractivity contribution in [3.8, 4) is 0 Å². The summed E-state index contributed by atoms with van der Waals surface area (Å²) in [6.07, 6.45) is 2.89. The summed E-state index contributed by atoms with van der Waals surface area (Å²) in [7, 11) is 0. The van der Waals surface area contributed by atoms with Crippen LogP contribution in [0.25, 0.3) is 0 Å². The van der Waals surface area contributed by atoms with E-state index in [0.717, 1.165) is 24.2 Å². The van der Waals surface area contributed by atoms with E-state index in [1.54, 1.807) is 38.1 Å². The molecule has 154 valence electrons. The van der Waals surface area contributed by atoms with Gasteiger partial charge in [-0.1, -0.05) is 25.4 Å². The molecule has 1 aromatic carbocycles. The van der Waals surface area contributed by atoms with Crippen molar-refractivity contribution in [2.45, 2.75) is 39.2 Å². The van der Waals surface area contributed by atoms with Gasteiger partial charge in [-0.25, -0.2) is 4.79 Å². The second-order valence-corrected chi connectivity index (χ2v) is 9.09. The lowest BCUT2D eigenvalue weighted by Crippen LogP contribution is -2.50. The first-order valence-corrected chi connectivity index (χ1v) is 10.5. The fourth-order valence-electron chi connectivity index (χ4n) is 5.32. The summed E-state index contributed by atoms with van der Waals surface area (Å²) in [6, 6.07) is 5.29. The number of ketones is 1. The maximum atomic E-state index is 13.0. The largest absolute Gasteiger partial charge is 0.456 e. The molecule has 6 nitrogen and oxygen atoms in total. The summed E-state index contributed by atoms with van der Waals surface area (Å²) in [5, 5.41) is 0.504. The van der Waals surface area contributed by atoms with Crippen LogP contribution in [0.1, 0.15) is 43.5 Å². The van der Waals surface area contributed by atoms with Gasteiger partial charge >= 0.3 is 5.97 Å². The molecule has 2 bridgehead atoms. The molecule has 2 saturated carbocycles. The fourth-order valence-corrected chi connectivity index (χ4v) is 5.45. The first-order valence-electron chi connectivity index (χ1n) is 10.1. The number of rotatable bonds is 6. The SMILES string of the molecule is CC(C)[C@@H](C(=O)OCC(=O)c1ccc(Cl)cc1)N1C(=O)[C@@H]2[C@H]3CC[C@@H](C3)[C@@H]2C1=O. The van der Waals surface area contributed by atoms with Crippen LogP contribution in [-0.2, 0) is 19.1 Å². The zero-order valence-electron chi connectivity index (χ0n) is 16.5. The molecule has 29 heavy (non-hydrogen) atoms. The number of hydrogen-bond donors (Lipinski definition) is 0. The monoisotopic (exact) mass is 417 g/mol. The van der Waals surface area contributed by atoms with Gasteiger partial charge in [-0.15, -0.1) is 0 Å². The van der Waals surface area contributed by atoms with Gasteiger partial charge in [0.2, 0.25) is 11.8 Å². The Kier molecular flexibility index (Phi) is 5.23. The molecule has 1 saturated heterocycles. The third-order valence-corrected chi connectivity index (χ3v) is 6.88. The first kappa shape index (κ1) is 20.1. The number of likely N-dealkylation sites (tertiary alicyclic amines) is 1. The number of esters is 1. The number of carbonyl (C=O) groups excluding carboxylic acids is 4. The zero-order chi connectivity index (χ0) is 20.9. The van der Waals surface area contributed by atoms with E-state index in [4.69, 9.17) is 16.3 Å². The minimum Gasteiger partial charge on any atom is -0.456 e. The van der Waals surface area contributed by atoms with Gasteiger partial charge in [-0.05, 0) is 61.3 Å². The van der Waals surface area contributed by atoms with Gasteiger partial charge in [0.1, 0.15) is 6.04 Å². The van der Waals surface area contributed by atoms with Crippen molar-refractivity contribution >= 4 is 35.2 Å². The molecule has 0 aromatic heterocycles. The summed E-state index contributed by atoms with van der Waals surface area (Å²) in [5.41, 5.74) is 0.378. The van der Waals surface area contributed by atoms with Crippen LogP contribution >= 0.6 is 11.6 Å². The predicted molar refractivity (Wildman–Crippen MR) is 105 cm³/mol. The number of ether oxygens (including phenoxy) is 1. The van der Waals surface area contributed by atoms with Crippen molar-refractivity contribution in [3.05, 3.63) is 34.9 Å². The standard InChI is InChI=1S/C22H24ClNO5/c1-11(2)19(22(28)29-10-16(25)12-5-7-15(23)8-6-12)24-20(26)17-13-3-4-14(9-13)18(17)21(24)27/h5-8,11,13-14,17-19H,3-4,9-10H2,1-2H3/t13-,14-,17-,18+,19-/m0/s1. The van der Waals surface area contributed by atoms with Crippen LogP contribution in [0.2, 0.25) is 5.02 Å². The number of benzene rings is 1. The Morgan fingerprint density at radius 1 is 1.07 bits per heavy atom. The topological polar surface area (TPSA) is 80.8 Å². The Morgan fingerprint density at radius 2 is 1.62 bits per heavy atom. The number of imide groups is 1. The van der Waals surface area contributed by atoms with Crippen LogP contribution < -0.4 is 0 Å². The molecule has 0 spiro atoms. The molecule has 7 heteroatoms. The number of hydrogen-bond acceptors (Lipinski definition) is 5. The summed E-state index contributed by atoms with van der Waals surface area (Å²) in [4.78, 5) is 52.3. The molecule has 2 aliphatic carbocycles. The Balaban J connectivity index is 1.47. The predicted octanol–water partition coefficient (Wildman–Crippen LogP) is 3.12. The molecular formula is C22H24ClNO5. The third kappa shape index (κ3) is 3.37. The van der Waals surface area contributed by atoms with Gasteiger partial charge < -0.3 is 4.74 Å². The van der Waals surface area contributed by atoms with Crippen LogP contribution in [0.5, 0.6) is 0 Å². The number of carbonyl (C=O) groups is 4.